The molecule has 0 atom stereocenters. The fourth-order valence-electron chi connectivity index (χ4n) is 0.824. The summed E-state index contributed by atoms with van der Waals surface area (Å²) in [6.07, 6.45) is 0.665. The molecule has 0 aliphatic rings. The molecule has 0 radical (unpaired) electrons. The molecule has 1 rings (SSSR count). The predicted molar refractivity (Wildman–Crippen MR) is 39.7 cm³/mol. The van der Waals surface area contributed by atoms with E-state index in [2.05, 4.69) is 0 Å². The van der Waals surface area contributed by atoms with Gasteiger partial charge in [-0.25, -0.2) is 4.39 Å². The summed E-state index contributed by atoms with van der Waals surface area (Å²) in [5.41, 5.74) is 6.04. The summed E-state index contributed by atoms with van der Waals surface area (Å²) in [6, 6.07) is 4.11. The lowest BCUT2D eigenvalue weighted by Crippen LogP contribution is -2.00. The van der Waals surface area contributed by atoms with Gasteiger partial charge in [0.05, 0.1) is 0 Å². The molecule has 2 N–H and O–H groups in total. The van der Waals surface area contributed by atoms with Gasteiger partial charge in [0.1, 0.15) is 12.1 Å². The summed E-state index contributed by atoms with van der Waals surface area (Å²) >= 11 is 0. The number of nitrogens with two attached hydrogens (primary N) is 1. The van der Waals surface area contributed by atoms with Crippen LogP contribution in [0.25, 0.3) is 0 Å². The van der Waals surface area contributed by atoms with Crippen LogP contribution < -0.4 is 5.73 Å². The van der Waals surface area contributed by atoms with Gasteiger partial charge in [0.25, 0.3) is 0 Å². The molecule has 0 fully saturated rings. The first kappa shape index (κ1) is 7.88. The Hall–Kier alpha value is -1.22. The lowest BCUT2D eigenvalue weighted by atomic mass is 10.1. The molecule has 2 nitrogen and oxygen atoms in total. The number of aldehydes is 1. The highest BCUT2D eigenvalue weighted by atomic mass is 19.1. The molecule has 0 bridgehead atoms. The standard InChI is InChI=1S/C8H8FNO/c9-8-2-1-6(5-11)3-7(8)4-10/h1-3,5H,4,10H2. The van der Waals surface area contributed by atoms with E-state index in [0.29, 0.717) is 17.4 Å². The second-order valence-electron chi connectivity index (χ2n) is 2.17. The van der Waals surface area contributed by atoms with Crippen molar-refractivity contribution < 1.29 is 9.18 Å². The Morgan fingerprint density at radius 1 is 1.55 bits per heavy atom. The first-order valence-electron chi connectivity index (χ1n) is 3.21. The number of carbonyl (C=O) groups excluding carboxylic acids is 1. The molecule has 0 saturated heterocycles. The molecule has 1 aromatic carbocycles. The molecule has 1 aromatic rings. The molecule has 0 aliphatic heterocycles. The van der Waals surface area contributed by atoms with E-state index < -0.39 is 0 Å². The van der Waals surface area contributed by atoms with E-state index in [9.17, 15) is 9.18 Å². The fraction of sp³-hybridized carbons (Fsp3) is 0.125. The summed E-state index contributed by atoms with van der Waals surface area (Å²) < 4.78 is 12.7. The molecule has 0 heterocycles. The molecule has 11 heavy (non-hydrogen) atoms. The second-order valence-corrected chi connectivity index (χ2v) is 2.17. The Bertz CT molecular complexity index is 273. The third-order valence-corrected chi connectivity index (χ3v) is 1.43. The third kappa shape index (κ3) is 1.62. The van der Waals surface area contributed by atoms with Crippen LogP contribution in [0.3, 0.4) is 0 Å². The van der Waals surface area contributed by atoms with Crippen LogP contribution in [-0.4, -0.2) is 6.29 Å². The number of hydrogen-bond acceptors (Lipinski definition) is 2. The predicted octanol–water partition coefficient (Wildman–Crippen LogP) is 1.10. The molecule has 0 unspecified atom stereocenters. The smallest absolute Gasteiger partial charge is 0.150 e. The summed E-state index contributed by atoms with van der Waals surface area (Å²) in [5.74, 6) is -0.363. The molecular formula is C8H8FNO. The average Bonchev–Trinajstić information content (AvgIpc) is 2.05. The van der Waals surface area contributed by atoms with Crippen molar-refractivity contribution in [2.24, 2.45) is 5.73 Å². The van der Waals surface area contributed by atoms with Gasteiger partial charge in [-0.1, -0.05) is 0 Å². The first-order chi connectivity index (χ1) is 5.27. The highest BCUT2D eigenvalue weighted by Gasteiger charge is 1.99. The van der Waals surface area contributed by atoms with Crippen LogP contribution in [-0.2, 0) is 6.54 Å². The van der Waals surface area contributed by atoms with Crippen LogP contribution in [0.1, 0.15) is 15.9 Å². The minimum absolute atomic E-state index is 0.119. The van der Waals surface area contributed by atoms with E-state index in [1.54, 1.807) is 0 Å². The summed E-state index contributed by atoms with van der Waals surface area (Å²) in [4.78, 5) is 10.2. The van der Waals surface area contributed by atoms with Gasteiger partial charge >= 0.3 is 0 Å². The van der Waals surface area contributed by atoms with E-state index in [1.165, 1.54) is 18.2 Å². The van der Waals surface area contributed by atoms with E-state index in [4.69, 9.17) is 5.73 Å². The van der Waals surface area contributed by atoms with Crippen molar-refractivity contribution in [3.05, 3.63) is 35.1 Å². The zero-order chi connectivity index (χ0) is 8.27. The number of halogens is 1. The maximum absolute atomic E-state index is 12.7. The van der Waals surface area contributed by atoms with Crippen LogP contribution in [0.5, 0.6) is 0 Å². The summed E-state index contributed by atoms with van der Waals surface area (Å²) in [5, 5.41) is 0. The van der Waals surface area contributed by atoms with Crippen molar-refractivity contribution in [2.75, 3.05) is 0 Å². The Morgan fingerprint density at radius 2 is 2.27 bits per heavy atom. The van der Waals surface area contributed by atoms with Gasteiger partial charge in [0.15, 0.2) is 0 Å². The van der Waals surface area contributed by atoms with Gasteiger partial charge < -0.3 is 5.73 Å². The van der Waals surface area contributed by atoms with Crippen molar-refractivity contribution in [1.82, 2.24) is 0 Å². The molecule has 58 valence electrons. The topological polar surface area (TPSA) is 43.1 Å². The van der Waals surface area contributed by atoms with Gasteiger partial charge in [0.2, 0.25) is 0 Å². The van der Waals surface area contributed by atoms with Crippen LogP contribution in [0.15, 0.2) is 18.2 Å². The molecule has 0 aromatic heterocycles. The maximum atomic E-state index is 12.7. The monoisotopic (exact) mass is 153 g/mol. The molecule has 0 spiro atoms. The van der Waals surface area contributed by atoms with Crippen molar-refractivity contribution in [3.63, 3.8) is 0 Å². The quantitative estimate of drug-likeness (QED) is 0.646. The normalized spacial score (nSPS) is 9.64. The van der Waals surface area contributed by atoms with E-state index >= 15 is 0 Å². The minimum Gasteiger partial charge on any atom is -0.326 e. The average molecular weight is 153 g/mol. The zero-order valence-electron chi connectivity index (χ0n) is 5.88. The van der Waals surface area contributed by atoms with Crippen molar-refractivity contribution in [1.29, 1.82) is 0 Å². The number of hydrogen-bond donors (Lipinski definition) is 1. The van der Waals surface area contributed by atoms with Gasteiger partial charge in [-0.05, 0) is 18.2 Å². The minimum atomic E-state index is -0.363. The first-order valence-corrected chi connectivity index (χ1v) is 3.21. The maximum Gasteiger partial charge on any atom is 0.150 e. The Kier molecular flexibility index (Phi) is 2.33. The van der Waals surface area contributed by atoms with Crippen molar-refractivity contribution in [2.45, 2.75) is 6.54 Å². The van der Waals surface area contributed by atoms with E-state index in [1.807, 2.05) is 0 Å². The number of benzene rings is 1. The molecule has 3 heteroatoms. The third-order valence-electron chi connectivity index (χ3n) is 1.43. The Morgan fingerprint density at radius 3 is 2.82 bits per heavy atom. The van der Waals surface area contributed by atoms with Gasteiger partial charge in [-0.3, -0.25) is 4.79 Å². The SMILES string of the molecule is NCc1cc(C=O)ccc1F. The van der Waals surface area contributed by atoms with Gasteiger partial charge in [-0.2, -0.15) is 0 Å². The van der Waals surface area contributed by atoms with Crippen molar-refractivity contribution >= 4 is 6.29 Å². The van der Waals surface area contributed by atoms with Gasteiger partial charge in [0, 0.05) is 17.7 Å². The molecule has 0 saturated carbocycles. The van der Waals surface area contributed by atoms with Crippen LogP contribution in [0.2, 0.25) is 0 Å². The Balaban J connectivity index is 3.12. The van der Waals surface area contributed by atoms with Crippen LogP contribution >= 0.6 is 0 Å². The molecule has 0 aliphatic carbocycles. The lowest BCUT2D eigenvalue weighted by Gasteiger charge is -1.98. The van der Waals surface area contributed by atoms with Crippen LogP contribution in [0.4, 0.5) is 4.39 Å². The lowest BCUT2D eigenvalue weighted by molar-refractivity contribution is 0.112. The molecule has 0 amide bonds. The van der Waals surface area contributed by atoms with Gasteiger partial charge in [-0.15, -0.1) is 0 Å². The highest BCUT2D eigenvalue weighted by molar-refractivity contribution is 5.74. The van der Waals surface area contributed by atoms with Crippen LogP contribution in [0, 0.1) is 5.82 Å². The number of carbonyl (C=O) groups is 1. The highest BCUT2D eigenvalue weighted by Crippen LogP contribution is 2.07. The van der Waals surface area contributed by atoms with Crippen molar-refractivity contribution in [3.8, 4) is 0 Å². The second kappa shape index (κ2) is 3.25. The summed E-state index contributed by atoms with van der Waals surface area (Å²) in [7, 11) is 0. The zero-order valence-corrected chi connectivity index (χ0v) is 5.88. The summed E-state index contributed by atoms with van der Waals surface area (Å²) in [6.45, 7) is 0.119. The molecular weight excluding hydrogens is 145 g/mol. The fourth-order valence-corrected chi connectivity index (χ4v) is 0.824. The largest absolute Gasteiger partial charge is 0.326 e. The Labute approximate surface area is 63.8 Å². The van der Waals surface area contributed by atoms with E-state index in [-0.39, 0.29) is 12.4 Å². The van der Waals surface area contributed by atoms with E-state index in [0.717, 1.165) is 0 Å². The number of rotatable bonds is 2.